The molecule has 0 spiro atoms. The molecule has 1 saturated heterocycles. The zero-order valence-electron chi connectivity index (χ0n) is 26.7. The Morgan fingerprint density at radius 2 is 1.41 bits per heavy atom. The Hall–Kier alpha value is -5.31. The van der Waals surface area contributed by atoms with Crippen LogP contribution < -0.4 is 21.6 Å². The number of carboxylic acids is 1. The second kappa shape index (κ2) is 15.3. The van der Waals surface area contributed by atoms with E-state index in [1.165, 1.54) is 17.9 Å². The van der Waals surface area contributed by atoms with Crippen LogP contribution in [0, 0.1) is 5.92 Å². The van der Waals surface area contributed by atoms with Crippen LogP contribution in [0.2, 0.25) is 0 Å². The minimum absolute atomic E-state index is 0.104. The SMILES string of the molecule is C=CCOC(=O)O[C@H](C)[C@H]1C(=O)N(C(C(=O)O)=P(c2ccccc2)(c2ccccc2)c2ccccc2)[C@@H]1CC(=O)c1cccc(C(N)=S)c1. The Morgan fingerprint density at radius 1 is 0.898 bits per heavy atom. The van der Waals surface area contributed by atoms with Gasteiger partial charge < -0.3 is 25.2 Å². The maximum absolute atomic E-state index is 14.4. The molecule has 0 aromatic heterocycles. The molecule has 0 aliphatic carbocycles. The molecule has 1 aliphatic heterocycles. The van der Waals surface area contributed by atoms with E-state index in [9.17, 15) is 24.3 Å². The zero-order chi connectivity index (χ0) is 35.1. The summed E-state index contributed by atoms with van der Waals surface area (Å²) in [5, 5.41) is 13.4. The molecule has 1 aliphatic rings. The number of thiocarbonyl (C=S) groups is 1. The third kappa shape index (κ3) is 6.97. The molecule has 0 bridgehead atoms. The number of carbonyl (C=O) groups excluding carboxylic acids is 3. The highest BCUT2D eigenvalue weighted by Crippen LogP contribution is 2.50. The Bertz CT molecular complexity index is 1850. The fourth-order valence-electron chi connectivity index (χ4n) is 6.28. The number of carboxylic acid groups (broad SMARTS) is 1. The summed E-state index contributed by atoms with van der Waals surface area (Å²) in [6, 6.07) is 33.2. The summed E-state index contributed by atoms with van der Waals surface area (Å²) in [5.41, 5.74) is 6.44. The number of benzene rings is 4. The first kappa shape index (κ1) is 35.0. The smallest absolute Gasteiger partial charge is 0.477 e. The first-order valence-corrected chi connectivity index (χ1v) is 17.7. The van der Waals surface area contributed by atoms with Crippen LogP contribution in [-0.2, 0) is 19.1 Å². The molecular weight excluding hydrogens is 659 g/mol. The lowest BCUT2D eigenvalue weighted by molar-refractivity contribution is -0.157. The number of β-lactam (4-membered cyclic amide) rings is 1. The quantitative estimate of drug-likeness (QED) is 0.0512. The summed E-state index contributed by atoms with van der Waals surface area (Å²) in [7, 11) is 0. The molecule has 0 saturated carbocycles. The van der Waals surface area contributed by atoms with Crippen LogP contribution in [0.5, 0.6) is 0 Å². The van der Waals surface area contributed by atoms with Crippen molar-refractivity contribution in [2.75, 3.05) is 6.61 Å². The number of ketones is 1. The predicted octanol–water partition coefficient (Wildman–Crippen LogP) is 4.66. The van der Waals surface area contributed by atoms with E-state index in [2.05, 4.69) is 6.58 Å². The van der Waals surface area contributed by atoms with Gasteiger partial charge in [-0.2, -0.15) is 0 Å². The number of rotatable bonds is 13. The Balaban J connectivity index is 1.76. The van der Waals surface area contributed by atoms with Crippen LogP contribution in [0.1, 0.15) is 29.3 Å². The third-order valence-corrected chi connectivity index (χ3v) is 12.9. The monoisotopic (exact) mass is 694 g/mol. The fourth-order valence-corrected chi connectivity index (χ4v) is 10.7. The number of amides is 1. The van der Waals surface area contributed by atoms with Gasteiger partial charge in [-0.15, -0.1) is 0 Å². The standard InChI is InChI=1S/C38H35N2O7PS/c1-3-22-46-38(45)47-25(2)33-31(24-32(41)26-14-13-15-27(23-26)34(39)49)40(35(33)42)36(37(43)44)48(28-16-7-4-8-17-28,29-18-9-5-10-19-29)30-20-11-6-12-21-30/h3-21,23,25,31,33H,1,22,24H2,2H3,(H2,39,49)(H,43,44)/t25-,31-,33-/m1/s1. The molecule has 5 rings (SSSR count). The molecule has 0 radical (unpaired) electrons. The zero-order valence-corrected chi connectivity index (χ0v) is 28.4. The topological polar surface area (TPSA) is 136 Å². The van der Waals surface area contributed by atoms with Gasteiger partial charge in [0.05, 0.1) is 12.0 Å². The lowest BCUT2D eigenvalue weighted by Gasteiger charge is -2.50. The van der Waals surface area contributed by atoms with Crippen molar-refractivity contribution in [3.63, 3.8) is 0 Å². The molecule has 3 atom stereocenters. The van der Waals surface area contributed by atoms with Crippen molar-refractivity contribution in [3.05, 3.63) is 139 Å². The number of Topliss-reactive ketones (excluding diaryl/α,β-unsaturated/α-hetero) is 1. The van der Waals surface area contributed by atoms with Crippen molar-refractivity contribution in [2.24, 2.45) is 11.7 Å². The number of aliphatic carboxylic acids is 1. The van der Waals surface area contributed by atoms with Gasteiger partial charge in [-0.1, -0.05) is 134 Å². The van der Waals surface area contributed by atoms with E-state index in [0.29, 0.717) is 21.5 Å². The summed E-state index contributed by atoms with van der Waals surface area (Å²) in [4.78, 5) is 56.0. The molecule has 0 unspecified atom stereocenters. The fraction of sp³-hybridized carbons (Fsp3) is 0.158. The Kier molecular flexibility index (Phi) is 10.9. The molecule has 1 fully saturated rings. The molecule has 1 amide bonds. The third-order valence-electron chi connectivity index (χ3n) is 8.41. The molecule has 9 nitrogen and oxygen atoms in total. The average molecular weight is 695 g/mol. The van der Waals surface area contributed by atoms with E-state index in [4.69, 9.17) is 27.4 Å². The molecule has 11 heteroatoms. The molecule has 49 heavy (non-hydrogen) atoms. The van der Waals surface area contributed by atoms with Crippen molar-refractivity contribution in [1.29, 1.82) is 0 Å². The molecular formula is C38H35N2O7PS. The van der Waals surface area contributed by atoms with E-state index in [1.807, 2.05) is 91.0 Å². The van der Waals surface area contributed by atoms with Gasteiger partial charge in [0.1, 0.15) is 23.1 Å². The maximum Gasteiger partial charge on any atom is 0.508 e. The van der Waals surface area contributed by atoms with Gasteiger partial charge in [0.2, 0.25) is 5.91 Å². The molecule has 3 N–H and O–H groups in total. The second-order valence-electron chi connectivity index (χ2n) is 11.4. The summed E-state index contributed by atoms with van der Waals surface area (Å²) >= 11 is 5.11. The van der Waals surface area contributed by atoms with E-state index in [-0.39, 0.29) is 34.8 Å². The van der Waals surface area contributed by atoms with Gasteiger partial charge in [0.25, 0.3) is 0 Å². The first-order chi connectivity index (χ1) is 23.6. The van der Waals surface area contributed by atoms with Crippen molar-refractivity contribution in [3.8, 4) is 0 Å². The summed E-state index contributed by atoms with van der Waals surface area (Å²) in [5.74, 6) is -3.34. The molecule has 1 heterocycles. The van der Waals surface area contributed by atoms with Crippen LogP contribution in [0.3, 0.4) is 0 Å². The normalized spacial score (nSPS) is 16.1. The van der Waals surface area contributed by atoms with E-state index in [0.717, 1.165) is 0 Å². The number of carbonyl (C=O) groups is 4. The maximum atomic E-state index is 14.4. The van der Waals surface area contributed by atoms with Gasteiger partial charge in [-0.05, 0) is 28.9 Å². The highest BCUT2D eigenvalue weighted by molar-refractivity contribution is 7.96. The van der Waals surface area contributed by atoms with Crippen LogP contribution >= 0.6 is 19.1 Å². The number of hydrogen-bond acceptors (Lipinski definition) is 7. The van der Waals surface area contributed by atoms with Crippen molar-refractivity contribution < 1.29 is 33.8 Å². The van der Waals surface area contributed by atoms with Crippen molar-refractivity contribution >= 4 is 69.2 Å². The van der Waals surface area contributed by atoms with Gasteiger partial charge in [-0.3, -0.25) is 9.59 Å². The van der Waals surface area contributed by atoms with Crippen molar-refractivity contribution in [2.45, 2.75) is 25.5 Å². The highest BCUT2D eigenvalue weighted by Gasteiger charge is 2.56. The lowest BCUT2D eigenvalue weighted by atomic mass is 9.79. The van der Waals surface area contributed by atoms with Crippen LogP contribution in [0.15, 0.2) is 128 Å². The number of hydrogen-bond donors (Lipinski definition) is 2. The van der Waals surface area contributed by atoms with Gasteiger partial charge in [-0.25, -0.2) is 9.59 Å². The molecule has 4 aromatic rings. The van der Waals surface area contributed by atoms with Crippen LogP contribution in [-0.4, -0.2) is 63.0 Å². The number of nitrogens with two attached hydrogens (primary N) is 1. The second-order valence-corrected chi connectivity index (χ2v) is 15.1. The van der Waals surface area contributed by atoms with E-state index in [1.54, 1.807) is 24.3 Å². The van der Waals surface area contributed by atoms with Crippen LogP contribution in [0.4, 0.5) is 4.79 Å². The largest absolute Gasteiger partial charge is 0.508 e. The van der Waals surface area contributed by atoms with Crippen LogP contribution in [0.25, 0.3) is 0 Å². The van der Waals surface area contributed by atoms with Gasteiger partial charge in [0.15, 0.2) is 5.78 Å². The van der Waals surface area contributed by atoms with Crippen molar-refractivity contribution in [1.82, 2.24) is 4.90 Å². The van der Waals surface area contributed by atoms with E-state index >= 15 is 0 Å². The van der Waals surface area contributed by atoms with Gasteiger partial charge >= 0.3 is 12.1 Å². The lowest BCUT2D eigenvalue weighted by Crippen LogP contribution is -2.68. The Morgan fingerprint density at radius 3 is 1.88 bits per heavy atom. The van der Waals surface area contributed by atoms with Gasteiger partial charge in [0, 0.05) is 24.4 Å². The predicted molar refractivity (Wildman–Crippen MR) is 195 cm³/mol. The molecule has 4 aromatic carbocycles. The average Bonchev–Trinajstić information content (AvgIpc) is 3.11. The highest BCUT2D eigenvalue weighted by atomic mass is 32.1. The van der Waals surface area contributed by atoms with E-state index < -0.39 is 43.0 Å². The number of ether oxygens (including phenoxy) is 2. The number of likely N-dealkylation sites (tertiary alicyclic amines) is 1. The minimum atomic E-state index is -3.32. The first-order valence-electron chi connectivity index (χ1n) is 15.5. The molecule has 250 valence electrons. The summed E-state index contributed by atoms with van der Waals surface area (Å²) in [6.07, 6.45) is -0.981. The Labute approximate surface area is 289 Å². The minimum Gasteiger partial charge on any atom is -0.477 e. The number of nitrogens with zero attached hydrogens (tertiary/aromatic N) is 1. The summed E-state index contributed by atoms with van der Waals surface area (Å²) < 4.78 is 10.5. The summed E-state index contributed by atoms with van der Waals surface area (Å²) in [6.45, 7) is 1.62.